The molecule has 15 heteroatoms. The minimum absolute atomic E-state index is 0.0573. The molecule has 3 aromatic carbocycles. The monoisotopic (exact) mass is 852 g/mol. The molecule has 1 atom stereocenters. The van der Waals surface area contributed by atoms with Crippen LogP contribution >= 0.6 is 23.2 Å². The van der Waals surface area contributed by atoms with Gasteiger partial charge in [0.2, 0.25) is 0 Å². The zero-order valence-electron chi connectivity index (χ0n) is 33.1. The van der Waals surface area contributed by atoms with E-state index >= 15 is 0 Å². The first kappa shape index (κ1) is 44.1. The Kier molecular flexibility index (Phi) is 15.9. The molecule has 0 spiro atoms. The van der Waals surface area contributed by atoms with Crippen molar-refractivity contribution in [2.24, 2.45) is 0 Å². The summed E-state index contributed by atoms with van der Waals surface area (Å²) in [6.07, 6.45) is 7.37. The van der Waals surface area contributed by atoms with Crippen molar-refractivity contribution in [3.05, 3.63) is 129 Å². The molecule has 13 nitrogen and oxygen atoms in total. The number of aliphatic hydroxyl groups excluding tert-OH is 3. The van der Waals surface area contributed by atoms with Crippen molar-refractivity contribution >= 4 is 23.2 Å². The zero-order valence-corrected chi connectivity index (χ0v) is 34.6. The Labute approximate surface area is 359 Å². The number of nitriles is 2. The molecule has 2 aromatic heterocycles. The van der Waals surface area contributed by atoms with Crippen LogP contribution in [0.15, 0.2) is 85.5 Å². The summed E-state index contributed by atoms with van der Waals surface area (Å²) in [4.78, 5) is 12.1. The van der Waals surface area contributed by atoms with Crippen molar-refractivity contribution in [3.8, 4) is 46.3 Å². The van der Waals surface area contributed by atoms with Gasteiger partial charge in [-0.15, -0.1) is 0 Å². The van der Waals surface area contributed by atoms with Crippen LogP contribution in [0.4, 0.5) is 0 Å². The van der Waals surface area contributed by atoms with Gasteiger partial charge in [0.25, 0.3) is 0 Å². The predicted octanol–water partition coefficient (Wildman–Crippen LogP) is 6.69. The molecular weight excluding hydrogens is 807 g/mol. The highest BCUT2D eigenvalue weighted by Crippen LogP contribution is 2.38. The van der Waals surface area contributed by atoms with Gasteiger partial charge >= 0.3 is 0 Å². The number of halogens is 2. The molecule has 0 saturated carbocycles. The number of pyridine rings is 2. The second kappa shape index (κ2) is 21.7. The quantitative estimate of drug-likeness (QED) is 0.0558. The number of likely N-dealkylation sites (tertiary alicyclic amines) is 1. The topological polar surface area (TPSA) is 177 Å². The van der Waals surface area contributed by atoms with Gasteiger partial charge in [0.15, 0.2) is 0 Å². The van der Waals surface area contributed by atoms with E-state index in [9.17, 15) is 25.8 Å². The molecule has 0 bridgehead atoms. The summed E-state index contributed by atoms with van der Waals surface area (Å²) in [7, 11) is 0. The highest BCUT2D eigenvalue weighted by Gasteiger charge is 2.23. The smallest absolute Gasteiger partial charge is 0.142 e. The number of nitrogens with zero attached hydrogens (tertiary/aromatic N) is 6. The van der Waals surface area contributed by atoms with Crippen molar-refractivity contribution < 1.29 is 34.3 Å². The highest BCUT2D eigenvalue weighted by molar-refractivity contribution is 6.34. The van der Waals surface area contributed by atoms with Crippen LogP contribution in [0.1, 0.15) is 46.2 Å². The van der Waals surface area contributed by atoms with E-state index in [0.717, 1.165) is 53.9 Å². The number of β-amino-alcohol motifs (C(OH)–C–C–N with tert-alkyl or cyclic N) is 1. The Morgan fingerprint density at radius 3 is 2.32 bits per heavy atom. The maximum absolute atomic E-state index is 10.2. The molecule has 1 fully saturated rings. The first-order valence-electron chi connectivity index (χ1n) is 19.5. The maximum Gasteiger partial charge on any atom is 0.142 e. The van der Waals surface area contributed by atoms with Gasteiger partial charge < -0.3 is 39.2 Å². The maximum atomic E-state index is 10.2. The van der Waals surface area contributed by atoms with E-state index in [4.69, 9.17) is 42.1 Å². The fraction of sp³-hybridized carbons (Fsp3) is 0.333. The molecule has 3 N–H and O–H groups in total. The van der Waals surface area contributed by atoms with Gasteiger partial charge in [0, 0.05) is 79.2 Å². The molecule has 0 radical (unpaired) electrons. The Balaban J connectivity index is 1.21. The molecule has 0 aliphatic carbocycles. The third-order valence-corrected chi connectivity index (χ3v) is 10.9. The lowest BCUT2D eigenvalue weighted by Crippen LogP contribution is -2.42. The molecule has 3 heterocycles. The molecule has 1 aliphatic rings. The molecule has 0 amide bonds. The molecule has 60 heavy (non-hydrogen) atoms. The van der Waals surface area contributed by atoms with Crippen LogP contribution in [0.5, 0.6) is 23.0 Å². The summed E-state index contributed by atoms with van der Waals surface area (Å²) in [6, 6.07) is 21.6. The third kappa shape index (κ3) is 11.6. The van der Waals surface area contributed by atoms with Crippen LogP contribution in [0, 0.1) is 29.6 Å². The van der Waals surface area contributed by atoms with Crippen LogP contribution in [-0.4, -0.2) is 93.4 Å². The summed E-state index contributed by atoms with van der Waals surface area (Å²) < 4.78 is 24.8. The number of hydrogen-bond acceptors (Lipinski definition) is 13. The van der Waals surface area contributed by atoms with Gasteiger partial charge in [0.05, 0.1) is 59.3 Å². The van der Waals surface area contributed by atoms with Crippen molar-refractivity contribution in [1.29, 1.82) is 10.5 Å². The second-order valence-electron chi connectivity index (χ2n) is 14.4. The van der Waals surface area contributed by atoms with E-state index in [2.05, 4.69) is 20.9 Å². The number of aliphatic hydroxyl groups is 3. The lowest BCUT2D eigenvalue weighted by atomic mass is 9.98. The number of ether oxygens (including phenoxy) is 4. The first-order chi connectivity index (χ1) is 29.2. The van der Waals surface area contributed by atoms with E-state index in [1.54, 1.807) is 35.4 Å². The minimum Gasteiger partial charge on any atom is -0.493 e. The highest BCUT2D eigenvalue weighted by atomic mass is 35.5. The average molecular weight is 854 g/mol. The van der Waals surface area contributed by atoms with Crippen molar-refractivity contribution in [1.82, 2.24) is 19.8 Å². The van der Waals surface area contributed by atoms with E-state index in [-0.39, 0.29) is 50.8 Å². The molecule has 1 aliphatic heterocycles. The van der Waals surface area contributed by atoms with Crippen LogP contribution < -0.4 is 18.9 Å². The van der Waals surface area contributed by atoms with E-state index in [0.29, 0.717) is 57.7 Å². The number of aromatic nitrogens is 2. The summed E-state index contributed by atoms with van der Waals surface area (Å²) >= 11 is 14.0. The number of hydrogen-bond donors (Lipinski definition) is 3. The normalized spacial score (nSPS) is 13.9. The Bertz CT molecular complexity index is 2320. The SMILES string of the molecule is Cc1c(OCCCN2CC[C@@H](O)C2)cccc1-c1cccc(COc2cc(OCc3cncc(C#N)c3)c(CN(COc3cncc(C#N)c3)C(CO)CO)cc2Cl)c1Cl. The van der Waals surface area contributed by atoms with Gasteiger partial charge in [-0.1, -0.05) is 53.5 Å². The van der Waals surface area contributed by atoms with E-state index in [1.165, 1.54) is 18.6 Å². The van der Waals surface area contributed by atoms with Gasteiger partial charge in [-0.05, 0) is 49.1 Å². The molecular formula is C45H46Cl2N6O7. The molecule has 312 valence electrons. The Hall–Kier alpha value is -5.48. The summed E-state index contributed by atoms with van der Waals surface area (Å²) in [5, 5.41) is 49.7. The largest absolute Gasteiger partial charge is 0.493 e. The van der Waals surface area contributed by atoms with E-state index in [1.807, 2.05) is 49.4 Å². The summed E-state index contributed by atoms with van der Waals surface area (Å²) in [5.74, 6) is 1.82. The summed E-state index contributed by atoms with van der Waals surface area (Å²) in [5.41, 5.74) is 5.38. The molecule has 6 rings (SSSR count). The van der Waals surface area contributed by atoms with Gasteiger partial charge in [-0.25, -0.2) is 0 Å². The zero-order chi connectivity index (χ0) is 42.4. The van der Waals surface area contributed by atoms with Gasteiger partial charge in [-0.3, -0.25) is 14.9 Å². The van der Waals surface area contributed by atoms with Gasteiger partial charge in [-0.2, -0.15) is 10.5 Å². The van der Waals surface area contributed by atoms with Crippen LogP contribution in [-0.2, 0) is 19.8 Å². The predicted molar refractivity (Wildman–Crippen MR) is 226 cm³/mol. The van der Waals surface area contributed by atoms with E-state index < -0.39 is 6.04 Å². The Morgan fingerprint density at radius 1 is 0.833 bits per heavy atom. The number of rotatable bonds is 20. The standard InChI is InChI=1S/C45H46Cl2N6O7/c1-30-39(6-3-8-42(30)57-12-4-10-52-11-9-37(56)24-52)40-7-2-5-34(45(40)47)28-59-44-16-43(58-27-33-13-31(17-48)19-50-21-33)35(15-41(44)46)23-53(36(25-54)26-55)29-60-38-14-32(18-49)20-51-22-38/h2-3,5-8,13-16,19-22,36-37,54-56H,4,9-12,23-29H2,1H3/t37-/m1/s1. The van der Waals surface area contributed by atoms with Crippen molar-refractivity contribution in [3.63, 3.8) is 0 Å². The molecule has 5 aromatic rings. The lowest BCUT2D eigenvalue weighted by Gasteiger charge is -2.30. The fourth-order valence-corrected chi connectivity index (χ4v) is 7.36. The van der Waals surface area contributed by atoms with Gasteiger partial charge in [0.1, 0.15) is 55.1 Å². The molecule has 0 unspecified atom stereocenters. The summed E-state index contributed by atoms with van der Waals surface area (Å²) in [6.45, 7) is 4.46. The minimum atomic E-state index is -0.725. The Morgan fingerprint density at radius 2 is 1.57 bits per heavy atom. The average Bonchev–Trinajstić information content (AvgIpc) is 3.69. The van der Waals surface area contributed by atoms with Crippen LogP contribution in [0.3, 0.4) is 0 Å². The first-order valence-corrected chi connectivity index (χ1v) is 20.2. The second-order valence-corrected chi connectivity index (χ2v) is 15.2. The van der Waals surface area contributed by atoms with Crippen molar-refractivity contribution in [2.75, 3.05) is 46.2 Å². The van der Waals surface area contributed by atoms with Crippen LogP contribution in [0.25, 0.3) is 11.1 Å². The molecule has 1 saturated heterocycles. The third-order valence-electron chi connectivity index (χ3n) is 10.1. The fourth-order valence-electron chi connectivity index (χ4n) is 6.84. The number of benzene rings is 3. The lowest BCUT2D eigenvalue weighted by molar-refractivity contribution is 0.0173. The van der Waals surface area contributed by atoms with Crippen LogP contribution in [0.2, 0.25) is 10.0 Å². The van der Waals surface area contributed by atoms with Crippen molar-refractivity contribution in [2.45, 2.75) is 51.7 Å².